The SMILES string of the molecule is Cc1cc(Oc2ncccc2Br)ccc1F. The minimum Gasteiger partial charge on any atom is -0.438 e. The lowest BCUT2D eigenvalue weighted by molar-refractivity contribution is 0.457. The molecule has 82 valence electrons. The molecule has 2 rings (SSSR count). The number of rotatable bonds is 2. The van der Waals surface area contributed by atoms with E-state index in [1.807, 2.05) is 6.07 Å². The zero-order chi connectivity index (χ0) is 11.5. The van der Waals surface area contributed by atoms with Crippen molar-refractivity contribution < 1.29 is 9.13 Å². The summed E-state index contributed by atoms with van der Waals surface area (Å²) in [7, 11) is 0. The molecule has 0 aliphatic rings. The molecule has 0 radical (unpaired) electrons. The third-order valence-corrected chi connectivity index (χ3v) is 2.67. The van der Waals surface area contributed by atoms with Crippen LogP contribution in [0.3, 0.4) is 0 Å². The van der Waals surface area contributed by atoms with Crippen molar-refractivity contribution in [2.75, 3.05) is 0 Å². The molecule has 2 aromatic rings. The van der Waals surface area contributed by atoms with Crippen LogP contribution < -0.4 is 4.74 Å². The van der Waals surface area contributed by atoms with Crippen LogP contribution in [0.4, 0.5) is 4.39 Å². The van der Waals surface area contributed by atoms with Crippen molar-refractivity contribution in [2.45, 2.75) is 6.92 Å². The third kappa shape index (κ3) is 2.39. The van der Waals surface area contributed by atoms with Gasteiger partial charge in [-0.25, -0.2) is 9.37 Å². The Kier molecular flexibility index (Phi) is 3.19. The van der Waals surface area contributed by atoms with Crippen LogP contribution in [0.15, 0.2) is 41.0 Å². The summed E-state index contributed by atoms with van der Waals surface area (Å²) in [4.78, 5) is 4.06. The smallest absolute Gasteiger partial charge is 0.233 e. The summed E-state index contributed by atoms with van der Waals surface area (Å²) in [6.07, 6.45) is 1.64. The first kappa shape index (κ1) is 11.1. The van der Waals surface area contributed by atoms with Crippen molar-refractivity contribution in [3.63, 3.8) is 0 Å². The van der Waals surface area contributed by atoms with Crippen LogP contribution in [0.25, 0.3) is 0 Å². The zero-order valence-electron chi connectivity index (χ0n) is 8.58. The van der Waals surface area contributed by atoms with E-state index in [2.05, 4.69) is 20.9 Å². The van der Waals surface area contributed by atoms with Gasteiger partial charge in [0.1, 0.15) is 11.6 Å². The first-order chi connectivity index (χ1) is 7.66. The number of hydrogen-bond donors (Lipinski definition) is 0. The van der Waals surface area contributed by atoms with Gasteiger partial charge in [0.2, 0.25) is 5.88 Å². The Morgan fingerprint density at radius 2 is 2.12 bits per heavy atom. The normalized spacial score (nSPS) is 10.2. The van der Waals surface area contributed by atoms with Gasteiger partial charge in [-0.2, -0.15) is 0 Å². The number of aromatic nitrogens is 1. The molecule has 1 aromatic heterocycles. The van der Waals surface area contributed by atoms with Gasteiger partial charge in [-0.05, 0) is 58.7 Å². The second-order valence-corrected chi connectivity index (χ2v) is 4.16. The Morgan fingerprint density at radius 1 is 1.31 bits per heavy atom. The van der Waals surface area contributed by atoms with E-state index in [4.69, 9.17) is 4.74 Å². The van der Waals surface area contributed by atoms with Crippen LogP contribution in [0, 0.1) is 12.7 Å². The fraction of sp³-hybridized carbons (Fsp3) is 0.0833. The van der Waals surface area contributed by atoms with Gasteiger partial charge in [0, 0.05) is 6.20 Å². The van der Waals surface area contributed by atoms with Gasteiger partial charge in [0.15, 0.2) is 0 Å². The molecule has 0 saturated carbocycles. The van der Waals surface area contributed by atoms with Crippen LogP contribution >= 0.6 is 15.9 Å². The summed E-state index contributed by atoms with van der Waals surface area (Å²) >= 11 is 3.33. The highest BCUT2D eigenvalue weighted by atomic mass is 79.9. The van der Waals surface area contributed by atoms with E-state index in [1.54, 1.807) is 31.3 Å². The lowest BCUT2D eigenvalue weighted by atomic mass is 10.2. The highest BCUT2D eigenvalue weighted by Gasteiger charge is 2.04. The van der Waals surface area contributed by atoms with Gasteiger partial charge >= 0.3 is 0 Å². The standard InChI is InChI=1S/C12H9BrFNO/c1-8-7-9(4-5-11(8)14)16-12-10(13)3-2-6-15-12/h2-7H,1H3. The zero-order valence-corrected chi connectivity index (χ0v) is 10.2. The predicted octanol–water partition coefficient (Wildman–Crippen LogP) is 4.08. The maximum absolute atomic E-state index is 13.0. The minimum absolute atomic E-state index is 0.243. The van der Waals surface area contributed by atoms with E-state index >= 15 is 0 Å². The fourth-order valence-corrected chi connectivity index (χ4v) is 1.57. The molecule has 0 bridgehead atoms. The summed E-state index contributed by atoms with van der Waals surface area (Å²) in [5.41, 5.74) is 0.546. The van der Waals surface area contributed by atoms with Crippen molar-refractivity contribution >= 4 is 15.9 Å². The second kappa shape index (κ2) is 4.61. The molecule has 0 aliphatic heterocycles. The Labute approximate surface area is 101 Å². The molecule has 16 heavy (non-hydrogen) atoms. The first-order valence-electron chi connectivity index (χ1n) is 4.71. The lowest BCUT2D eigenvalue weighted by Gasteiger charge is -2.06. The van der Waals surface area contributed by atoms with E-state index in [-0.39, 0.29) is 5.82 Å². The second-order valence-electron chi connectivity index (χ2n) is 3.30. The average Bonchev–Trinajstić information content (AvgIpc) is 2.27. The molecule has 0 N–H and O–H groups in total. The fourth-order valence-electron chi connectivity index (χ4n) is 1.24. The summed E-state index contributed by atoms with van der Waals surface area (Å²) in [5, 5.41) is 0. The van der Waals surface area contributed by atoms with Crippen LogP contribution in [0.1, 0.15) is 5.56 Å². The molecular weight excluding hydrogens is 273 g/mol. The Morgan fingerprint density at radius 3 is 2.81 bits per heavy atom. The van der Waals surface area contributed by atoms with E-state index in [9.17, 15) is 4.39 Å². The molecule has 0 unspecified atom stereocenters. The van der Waals surface area contributed by atoms with Gasteiger partial charge in [-0.15, -0.1) is 0 Å². The number of benzene rings is 1. The molecule has 0 saturated heterocycles. The van der Waals surface area contributed by atoms with E-state index in [1.165, 1.54) is 6.07 Å². The van der Waals surface area contributed by atoms with Crippen LogP contribution in [0.2, 0.25) is 0 Å². The Balaban J connectivity index is 2.28. The highest BCUT2D eigenvalue weighted by molar-refractivity contribution is 9.10. The number of pyridine rings is 1. The largest absolute Gasteiger partial charge is 0.438 e. The molecule has 0 atom stereocenters. The third-order valence-electron chi connectivity index (χ3n) is 2.07. The lowest BCUT2D eigenvalue weighted by Crippen LogP contribution is -1.90. The topological polar surface area (TPSA) is 22.1 Å². The Bertz CT molecular complexity index is 516. The van der Waals surface area contributed by atoms with Gasteiger partial charge in [0.05, 0.1) is 4.47 Å². The van der Waals surface area contributed by atoms with Crippen molar-refractivity contribution in [3.8, 4) is 11.6 Å². The maximum Gasteiger partial charge on any atom is 0.233 e. The molecule has 0 aliphatic carbocycles. The van der Waals surface area contributed by atoms with Crippen LogP contribution in [-0.2, 0) is 0 Å². The number of hydrogen-bond acceptors (Lipinski definition) is 2. The quantitative estimate of drug-likeness (QED) is 0.827. The molecule has 4 heteroatoms. The molecule has 0 amide bonds. The molecule has 2 nitrogen and oxygen atoms in total. The number of aryl methyl sites for hydroxylation is 1. The van der Waals surface area contributed by atoms with Gasteiger partial charge in [-0.3, -0.25) is 0 Å². The van der Waals surface area contributed by atoms with Crippen molar-refractivity contribution in [2.24, 2.45) is 0 Å². The van der Waals surface area contributed by atoms with E-state index in [0.29, 0.717) is 17.2 Å². The number of halogens is 2. The summed E-state index contributed by atoms with van der Waals surface area (Å²) in [6.45, 7) is 1.69. The molecule has 1 heterocycles. The molecule has 0 fully saturated rings. The first-order valence-corrected chi connectivity index (χ1v) is 5.50. The van der Waals surface area contributed by atoms with Crippen molar-refractivity contribution in [3.05, 3.63) is 52.4 Å². The van der Waals surface area contributed by atoms with Crippen molar-refractivity contribution in [1.29, 1.82) is 0 Å². The van der Waals surface area contributed by atoms with Crippen LogP contribution in [0.5, 0.6) is 11.6 Å². The summed E-state index contributed by atoms with van der Waals surface area (Å²) in [6, 6.07) is 8.22. The van der Waals surface area contributed by atoms with Crippen LogP contribution in [-0.4, -0.2) is 4.98 Å². The average molecular weight is 282 g/mol. The summed E-state index contributed by atoms with van der Waals surface area (Å²) in [5.74, 6) is 0.791. The Hall–Kier alpha value is -1.42. The minimum atomic E-state index is -0.243. The molecule has 1 aromatic carbocycles. The van der Waals surface area contributed by atoms with Gasteiger partial charge in [-0.1, -0.05) is 0 Å². The van der Waals surface area contributed by atoms with Gasteiger partial charge in [0.25, 0.3) is 0 Å². The number of nitrogens with zero attached hydrogens (tertiary/aromatic N) is 1. The van der Waals surface area contributed by atoms with E-state index < -0.39 is 0 Å². The molecular formula is C12H9BrFNO. The molecule has 0 spiro atoms. The van der Waals surface area contributed by atoms with E-state index in [0.717, 1.165) is 4.47 Å². The maximum atomic E-state index is 13.0. The predicted molar refractivity (Wildman–Crippen MR) is 63.1 cm³/mol. The van der Waals surface area contributed by atoms with Gasteiger partial charge < -0.3 is 4.74 Å². The monoisotopic (exact) mass is 281 g/mol. The highest BCUT2D eigenvalue weighted by Crippen LogP contribution is 2.27. The number of ether oxygens (including phenoxy) is 1. The van der Waals surface area contributed by atoms with Crippen molar-refractivity contribution in [1.82, 2.24) is 4.98 Å². The summed E-state index contributed by atoms with van der Waals surface area (Å²) < 4.78 is 19.3.